The number of fused-ring (bicyclic) bond motifs is 1. The molecule has 1 aromatic heterocycles. The number of hydrogen-bond acceptors (Lipinski definition) is 3. The van der Waals surface area contributed by atoms with Crippen molar-refractivity contribution in [3.05, 3.63) is 33.9 Å². The zero-order valence-corrected chi connectivity index (χ0v) is 14.8. The number of aromatic nitrogens is 1. The summed E-state index contributed by atoms with van der Waals surface area (Å²) in [5, 5.41) is 1.63. The third-order valence-electron chi connectivity index (χ3n) is 4.24. The SMILES string of the molecule is CCOC(=O)C1CCCN(C(=O)c2[nH]c3ccc(Cl)cc3c2Cl)C1. The minimum Gasteiger partial charge on any atom is -0.466 e. The molecule has 1 fully saturated rings. The van der Waals surface area contributed by atoms with Gasteiger partial charge >= 0.3 is 5.97 Å². The monoisotopic (exact) mass is 368 g/mol. The number of benzene rings is 1. The van der Waals surface area contributed by atoms with Crippen LogP contribution in [0.1, 0.15) is 30.3 Å². The molecule has 1 aromatic carbocycles. The molecule has 0 radical (unpaired) electrons. The van der Waals surface area contributed by atoms with Gasteiger partial charge in [0.2, 0.25) is 0 Å². The highest BCUT2D eigenvalue weighted by molar-refractivity contribution is 6.39. The van der Waals surface area contributed by atoms with Gasteiger partial charge in [-0.2, -0.15) is 0 Å². The summed E-state index contributed by atoms with van der Waals surface area (Å²) in [7, 11) is 0. The zero-order chi connectivity index (χ0) is 17.3. The average molecular weight is 369 g/mol. The Labute approximate surface area is 149 Å². The molecule has 1 saturated heterocycles. The molecule has 1 N–H and O–H groups in total. The number of ether oxygens (including phenoxy) is 1. The zero-order valence-electron chi connectivity index (χ0n) is 13.3. The number of H-pyrrole nitrogens is 1. The van der Waals surface area contributed by atoms with Crippen LogP contribution < -0.4 is 0 Å². The fourth-order valence-electron chi connectivity index (χ4n) is 3.05. The van der Waals surface area contributed by atoms with Crippen LogP contribution in [0, 0.1) is 5.92 Å². The minimum absolute atomic E-state index is 0.207. The van der Waals surface area contributed by atoms with E-state index in [0.717, 1.165) is 18.4 Å². The summed E-state index contributed by atoms with van der Waals surface area (Å²) in [6, 6.07) is 5.25. The highest BCUT2D eigenvalue weighted by atomic mass is 35.5. The van der Waals surface area contributed by atoms with Crippen LogP contribution in [0.2, 0.25) is 10.0 Å². The van der Waals surface area contributed by atoms with E-state index in [9.17, 15) is 9.59 Å². The maximum atomic E-state index is 12.8. The molecule has 1 aliphatic rings. The first-order valence-electron chi connectivity index (χ1n) is 7.94. The van der Waals surface area contributed by atoms with Gasteiger partial charge in [0.1, 0.15) is 5.69 Å². The highest BCUT2D eigenvalue weighted by Crippen LogP contribution is 2.31. The van der Waals surface area contributed by atoms with Crippen molar-refractivity contribution in [2.45, 2.75) is 19.8 Å². The topological polar surface area (TPSA) is 62.4 Å². The van der Waals surface area contributed by atoms with Crippen LogP contribution in [0.15, 0.2) is 18.2 Å². The van der Waals surface area contributed by atoms with Crippen LogP contribution in [-0.4, -0.2) is 41.5 Å². The van der Waals surface area contributed by atoms with Gasteiger partial charge in [0.05, 0.1) is 17.5 Å². The number of carbonyl (C=O) groups excluding carboxylic acids is 2. The van der Waals surface area contributed by atoms with Gasteiger partial charge in [0.15, 0.2) is 0 Å². The van der Waals surface area contributed by atoms with Gasteiger partial charge in [-0.15, -0.1) is 0 Å². The number of likely N-dealkylation sites (tertiary alicyclic amines) is 1. The number of carbonyl (C=O) groups is 2. The lowest BCUT2D eigenvalue weighted by atomic mass is 9.98. The number of nitrogens with one attached hydrogen (secondary N) is 1. The van der Waals surface area contributed by atoms with E-state index in [2.05, 4.69) is 4.98 Å². The van der Waals surface area contributed by atoms with Crippen LogP contribution in [0.4, 0.5) is 0 Å². The third-order valence-corrected chi connectivity index (χ3v) is 4.87. The van der Waals surface area contributed by atoms with Crippen molar-refractivity contribution in [1.82, 2.24) is 9.88 Å². The Bertz CT molecular complexity index is 787. The predicted molar refractivity (Wildman–Crippen MR) is 93.6 cm³/mol. The minimum atomic E-state index is -0.278. The molecule has 24 heavy (non-hydrogen) atoms. The van der Waals surface area contributed by atoms with Gasteiger partial charge in [0, 0.05) is 29.0 Å². The number of esters is 1. The molecule has 1 atom stereocenters. The molecule has 0 saturated carbocycles. The van der Waals surface area contributed by atoms with Crippen molar-refractivity contribution in [2.75, 3.05) is 19.7 Å². The maximum Gasteiger partial charge on any atom is 0.310 e. The lowest BCUT2D eigenvalue weighted by molar-refractivity contribution is -0.149. The molecule has 2 heterocycles. The molecule has 128 valence electrons. The average Bonchev–Trinajstić information content (AvgIpc) is 2.91. The highest BCUT2D eigenvalue weighted by Gasteiger charge is 2.31. The number of nitrogens with zero attached hydrogens (tertiary/aromatic N) is 1. The molecule has 3 rings (SSSR count). The molecule has 0 spiro atoms. The number of piperidine rings is 1. The van der Waals surface area contributed by atoms with Crippen LogP contribution in [0.25, 0.3) is 10.9 Å². The van der Waals surface area contributed by atoms with E-state index in [4.69, 9.17) is 27.9 Å². The summed E-state index contributed by atoms with van der Waals surface area (Å²) in [5.74, 6) is -0.730. The van der Waals surface area contributed by atoms with Crippen molar-refractivity contribution in [2.24, 2.45) is 5.92 Å². The Morgan fingerprint density at radius 1 is 1.38 bits per heavy atom. The fraction of sp³-hybridized carbons (Fsp3) is 0.412. The van der Waals surface area contributed by atoms with E-state index in [1.807, 2.05) is 0 Å². The first-order chi connectivity index (χ1) is 11.5. The summed E-state index contributed by atoms with van der Waals surface area (Å²) in [6.45, 7) is 3.07. The van der Waals surface area contributed by atoms with E-state index in [0.29, 0.717) is 40.8 Å². The lowest BCUT2D eigenvalue weighted by Gasteiger charge is -2.31. The van der Waals surface area contributed by atoms with E-state index >= 15 is 0 Å². The van der Waals surface area contributed by atoms with Gasteiger partial charge in [-0.3, -0.25) is 9.59 Å². The van der Waals surface area contributed by atoms with E-state index in [-0.39, 0.29) is 17.8 Å². The van der Waals surface area contributed by atoms with E-state index in [1.165, 1.54) is 0 Å². The quantitative estimate of drug-likeness (QED) is 0.835. The van der Waals surface area contributed by atoms with Crippen LogP contribution in [0.3, 0.4) is 0 Å². The molecule has 0 aliphatic carbocycles. The molecule has 7 heteroatoms. The maximum absolute atomic E-state index is 12.8. The summed E-state index contributed by atoms with van der Waals surface area (Å²) in [6.07, 6.45) is 1.50. The van der Waals surface area contributed by atoms with Crippen molar-refractivity contribution in [1.29, 1.82) is 0 Å². The first kappa shape index (κ1) is 17.1. The summed E-state index contributed by atoms with van der Waals surface area (Å²) >= 11 is 12.4. The summed E-state index contributed by atoms with van der Waals surface area (Å²) < 4.78 is 5.07. The second-order valence-electron chi connectivity index (χ2n) is 5.85. The molecule has 2 aromatic rings. The largest absolute Gasteiger partial charge is 0.466 e. The molecule has 5 nitrogen and oxygen atoms in total. The Morgan fingerprint density at radius 3 is 2.92 bits per heavy atom. The Hall–Kier alpha value is -1.72. The van der Waals surface area contributed by atoms with Crippen LogP contribution >= 0.6 is 23.2 Å². The second kappa shape index (κ2) is 7.03. The normalized spacial score (nSPS) is 18.0. The molecule has 1 unspecified atom stereocenters. The molecule has 0 bridgehead atoms. The van der Waals surface area contributed by atoms with Gasteiger partial charge in [-0.1, -0.05) is 23.2 Å². The summed E-state index contributed by atoms with van der Waals surface area (Å²) in [4.78, 5) is 29.5. The number of rotatable bonds is 3. The van der Waals surface area contributed by atoms with Crippen molar-refractivity contribution in [3.8, 4) is 0 Å². The summed E-state index contributed by atoms with van der Waals surface area (Å²) in [5.41, 5.74) is 1.09. The number of amides is 1. The first-order valence-corrected chi connectivity index (χ1v) is 8.69. The van der Waals surface area contributed by atoms with Crippen molar-refractivity contribution in [3.63, 3.8) is 0 Å². The van der Waals surface area contributed by atoms with Gasteiger partial charge in [-0.25, -0.2) is 0 Å². The number of halogens is 2. The van der Waals surface area contributed by atoms with E-state index < -0.39 is 0 Å². The smallest absolute Gasteiger partial charge is 0.310 e. The Morgan fingerprint density at radius 2 is 2.17 bits per heavy atom. The molecule has 1 amide bonds. The van der Waals surface area contributed by atoms with Crippen LogP contribution in [0.5, 0.6) is 0 Å². The third kappa shape index (κ3) is 3.23. The van der Waals surface area contributed by atoms with Gasteiger partial charge in [0.25, 0.3) is 5.91 Å². The number of hydrogen-bond donors (Lipinski definition) is 1. The molecule has 1 aliphatic heterocycles. The Balaban J connectivity index is 1.83. The lowest BCUT2D eigenvalue weighted by Crippen LogP contribution is -2.43. The van der Waals surface area contributed by atoms with Gasteiger partial charge < -0.3 is 14.6 Å². The molecular formula is C17H18Cl2N2O3. The predicted octanol–water partition coefficient (Wildman–Crippen LogP) is 3.89. The van der Waals surface area contributed by atoms with Crippen LogP contribution in [-0.2, 0) is 9.53 Å². The number of aromatic amines is 1. The van der Waals surface area contributed by atoms with E-state index in [1.54, 1.807) is 30.0 Å². The fourth-order valence-corrected chi connectivity index (χ4v) is 3.51. The van der Waals surface area contributed by atoms with Crippen molar-refractivity contribution < 1.29 is 14.3 Å². The second-order valence-corrected chi connectivity index (χ2v) is 6.66. The standard InChI is InChI=1S/C17H18Cl2N2O3/c1-2-24-17(23)10-4-3-7-21(9-10)16(22)15-14(19)12-8-11(18)5-6-13(12)20-15/h5-6,8,10,20H,2-4,7,9H2,1H3. The van der Waals surface area contributed by atoms with Crippen molar-refractivity contribution >= 4 is 46.0 Å². The molecular weight excluding hydrogens is 351 g/mol. The Kier molecular flexibility index (Phi) is 5.01. The van der Waals surface area contributed by atoms with Gasteiger partial charge in [-0.05, 0) is 38.0 Å².